The first-order valence-corrected chi connectivity index (χ1v) is 7.03. The first-order valence-electron chi connectivity index (χ1n) is 7.03. The Labute approximate surface area is 100 Å². The largest absolute Gasteiger partial charge is 0.0576 e. The Balaban J connectivity index is 1.79. The summed E-state index contributed by atoms with van der Waals surface area (Å²) < 4.78 is 0. The van der Waals surface area contributed by atoms with Gasteiger partial charge in [0.2, 0.25) is 0 Å². The van der Waals surface area contributed by atoms with Crippen molar-refractivity contribution in [3.05, 3.63) is 56.7 Å². The van der Waals surface area contributed by atoms with E-state index in [0.29, 0.717) is 5.41 Å². The Morgan fingerprint density at radius 2 is 2.24 bits per heavy atom. The standard InChI is InChI=1S/C17H12/c1-2-17-6-7-3-9-10-4-12(16(7)17)13(17)5-11-8(1)14(9)15(10)11/h3-4,8,14H,1-2,5-6H2. The average molecular weight is 216 g/mol. The van der Waals surface area contributed by atoms with Crippen molar-refractivity contribution in [3.63, 3.8) is 0 Å². The van der Waals surface area contributed by atoms with Gasteiger partial charge in [0, 0.05) is 11.3 Å². The molecule has 2 saturated carbocycles. The maximum atomic E-state index is 2.58. The molecule has 3 unspecified atom stereocenters. The molecule has 2 fully saturated rings. The zero-order chi connectivity index (χ0) is 10.5. The predicted octanol–water partition coefficient (Wildman–Crippen LogP) is 3.60. The van der Waals surface area contributed by atoms with Crippen LogP contribution in [0.4, 0.5) is 0 Å². The van der Waals surface area contributed by atoms with Gasteiger partial charge >= 0.3 is 0 Å². The summed E-state index contributed by atoms with van der Waals surface area (Å²) in [6, 6.07) is 0. The molecule has 0 heterocycles. The second-order valence-corrected chi connectivity index (χ2v) is 6.95. The van der Waals surface area contributed by atoms with Gasteiger partial charge in [0.05, 0.1) is 0 Å². The van der Waals surface area contributed by atoms with Crippen LogP contribution in [-0.2, 0) is 0 Å². The van der Waals surface area contributed by atoms with Crippen molar-refractivity contribution in [1.82, 2.24) is 0 Å². The lowest BCUT2D eigenvalue weighted by molar-refractivity contribution is 0.285. The van der Waals surface area contributed by atoms with Gasteiger partial charge in [-0.05, 0) is 76.7 Å². The molecule has 0 aliphatic heterocycles. The molecule has 7 aliphatic carbocycles. The molecule has 0 aromatic rings. The Bertz CT molecular complexity index is 747. The molecule has 7 aliphatic rings. The van der Waals surface area contributed by atoms with E-state index in [1.807, 2.05) is 11.1 Å². The van der Waals surface area contributed by atoms with Crippen molar-refractivity contribution < 1.29 is 0 Å². The summed E-state index contributed by atoms with van der Waals surface area (Å²) >= 11 is 0. The van der Waals surface area contributed by atoms with Crippen molar-refractivity contribution in [2.24, 2.45) is 17.3 Å². The number of hydrogen-bond donors (Lipinski definition) is 0. The van der Waals surface area contributed by atoms with Crippen LogP contribution in [-0.4, -0.2) is 0 Å². The lowest BCUT2D eigenvalue weighted by Gasteiger charge is -2.56. The highest BCUT2D eigenvalue weighted by Gasteiger charge is 2.65. The van der Waals surface area contributed by atoms with Crippen LogP contribution >= 0.6 is 0 Å². The molecule has 80 valence electrons. The molecule has 0 amide bonds. The highest BCUT2D eigenvalue weighted by Crippen LogP contribution is 2.78. The molecule has 0 N–H and O–H groups in total. The summed E-state index contributed by atoms with van der Waals surface area (Å²) in [5, 5.41) is 0. The van der Waals surface area contributed by atoms with Crippen LogP contribution in [0, 0.1) is 17.3 Å². The highest BCUT2D eigenvalue weighted by atomic mass is 14.7. The summed E-state index contributed by atoms with van der Waals surface area (Å²) in [4.78, 5) is 0. The fourth-order valence-electron chi connectivity index (χ4n) is 6.13. The Morgan fingerprint density at radius 3 is 3.24 bits per heavy atom. The molecule has 0 radical (unpaired) electrons. The fourth-order valence-corrected chi connectivity index (χ4v) is 6.13. The predicted molar refractivity (Wildman–Crippen MR) is 65.1 cm³/mol. The molecule has 1 spiro atoms. The molecule has 17 heavy (non-hydrogen) atoms. The number of allylic oxidation sites excluding steroid dienone is 10. The van der Waals surface area contributed by atoms with E-state index < -0.39 is 0 Å². The molecule has 0 nitrogen and oxygen atoms in total. The molecule has 0 aromatic heterocycles. The zero-order valence-corrected chi connectivity index (χ0v) is 9.64. The Kier molecular flexibility index (Phi) is 0.706. The first kappa shape index (κ1) is 7.20. The van der Waals surface area contributed by atoms with Crippen molar-refractivity contribution in [2.45, 2.75) is 25.7 Å². The molecular weight excluding hydrogens is 204 g/mol. The van der Waals surface area contributed by atoms with E-state index in [9.17, 15) is 0 Å². The zero-order valence-electron chi connectivity index (χ0n) is 9.64. The smallest absolute Gasteiger partial charge is 0.0223 e. The lowest BCUT2D eigenvalue weighted by Crippen LogP contribution is -2.43. The van der Waals surface area contributed by atoms with Crippen molar-refractivity contribution in [3.8, 4) is 0 Å². The van der Waals surface area contributed by atoms with Crippen molar-refractivity contribution >= 4 is 0 Å². The summed E-state index contributed by atoms with van der Waals surface area (Å²) in [7, 11) is 0. The average Bonchev–Trinajstić information content (AvgIpc) is 2.48. The van der Waals surface area contributed by atoms with Gasteiger partial charge in [0.15, 0.2) is 0 Å². The molecule has 3 atom stereocenters. The highest BCUT2D eigenvalue weighted by molar-refractivity contribution is 5.85. The van der Waals surface area contributed by atoms with Crippen LogP contribution in [0.15, 0.2) is 56.7 Å². The molecule has 0 heteroatoms. The minimum Gasteiger partial charge on any atom is -0.0576 e. The monoisotopic (exact) mass is 216 g/mol. The van der Waals surface area contributed by atoms with Crippen LogP contribution in [0.25, 0.3) is 0 Å². The summed E-state index contributed by atoms with van der Waals surface area (Å²) in [5.74, 6) is 1.82. The minimum atomic E-state index is 0.590. The van der Waals surface area contributed by atoms with Crippen LogP contribution < -0.4 is 0 Å². The SMILES string of the molecule is C1=C2C3=CC4=C5C1=C1CC6=C2C3C6CCC15C4. The van der Waals surface area contributed by atoms with Gasteiger partial charge in [0.1, 0.15) is 0 Å². The van der Waals surface area contributed by atoms with E-state index in [1.165, 1.54) is 25.7 Å². The van der Waals surface area contributed by atoms with Crippen LogP contribution in [0.3, 0.4) is 0 Å². The summed E-state index contributed by atoms with van der Waals surface area (Å²) in [5.41, 5.74) is 14.6. The maximum absolute atomic E-state index is 2.58. The number of hydrogen-bond acceptors (Lipinski definition) is 0. The van der Waals surface area contributed by atoms with Crippen molar-refractivity contribution in [2.75, 3.05) is 0 Å². The Hall–Kier alpha value is -1.30. The fraction of sp³-hybridized carbons (Fsp3) is 0.412. The van der Waals surface area contributed by atoms with E-state index in [4.69, 9.17) is 0 Å². The van der Waals surface area contributed by atoms with Gasteiger partial charge in [-0.2, -0.15) is 0 Å². The first-order chi connectivity index (χ1) is 8.38. The number of rotatable bonds is 0. The molecule has 0 saturated heterocycles. The summed E-state index contributed by atoms with van der Waals surface area (Å²) in [6.07, 6.45) is 10.8. The second kappa shape index (κ2) is 1.67. The topological polar surface area (TPSA) is 0 Å². The molecule has 7 rings (SSSR count). The third-order valence-corrected chi connectivity index (χ3v) is 6.77. The molecule has 0 aromatic carbocycles. The number of fused-ring (bicyclic) bond motifs is 2. The Morgan fingerprint density at radius 1 is 1.24 bits per heavy atom. The molecular formula is C17H12. The van der Waals surface area contributed by atoms with E-state index in [1.54, 1.807) is 33.4 Å². The van der Waals surface area contributed by atoms with E-state index >= 15 is 0 Å². The van der Waals surface area contributed by atoms with Gasteiger partial charge < -0.3 is 0 Å². The van der Waals surface area contributed by atoms with Crippen LogP contribution in [0.1, 0.15) is 25.7 Å². The quantitative estimate of drug-likeness (QED) is 0.580. The van der Waals surface area contributed by atoms with Crippen LogP contribution in [0.2, 0.25) is 0 Å². The van der Waals surface area contributed by atoms with Gasteiger partial charge in [0.25, 0.3) is 0 Å². The van der Waals surface area contributed by atoms with Crippen molar-refractivity contribution in [1.29, 1.82) is 0 Å². The lowest BCUT2D eigenvalue weighted by atomic mass is 9.47. The van der Waals surface area contributed by atoms with E-state index in [2.05, 4.69) is 12.2 Å². The van der Waals surface area contributed by atoms with Crippen LogP contribution in [0.5, 0.6) is 0 Å². The van der Waals surface area contributed by atoms with Gasteiger partial charge in [-0.1, -0.05) is 11.6 Å². The second-order valence-electron chi connectivity index (χ2n) is 6.95. The third kappa shape index (κ3) is 0.437. The maximum Gasteiger partial charge on any atom is 0.0223 e. The summed E-state index contributed by atoms with van der Waals surface area (Å²) in [6.45, 7) is 0. The molecule has 4 bridgehead atoms. The van der Waals surface area contributed by atoms with Gasteiger partial charge in [-0.15, -0.1) is 0 Å². The van der Waals surface area contributed by atoms with E-state index in [0.717, 1.165) is 11.8 Å². The van der Waals surface area contributed by atoms with Gasteiger partial charge in [-0.3, -0.25) is 0 Å². The minimum absolute atomic E-state index is 0.590. The third-order valence-electron chi connectivity index (χ3n) is 6.77. The van der Waals surface area contributed by atoms with Gasteiger partial charge in [-0.25, -0.2) is 0 Å². The normalized spacial score (nSPS) is 48.5. The van der Waals surface area contributed by atoms with E-state index in [-0.39, 0.29) is 0 Å².